The topological polar surface area (TPSA) is 91.4 Å². The molecule has 3 N–H and O–H groups in total. The maximum atomic E-state index is 12.8. The molecule has 0 atom stereocenters. The van der Waals surface area contributed by atoms with E-state index in [4.69, 9.17) is 16.3 Å². The molecule has 8 nitrogen and oxygen atoms in total. The molecule has 3 aromatic rings. The van der Waals surface area contributed by atoms with Crippen molar-refractivity contribution in [2.24, 2.45) is 5.41 Å². The van der Waals surface area contributed by atoms with Crippen LogP contribution < -0.4 is 30.9 Å². The largest absolute Gasteiger partial charge is 0.494 e. The van der Waals surface area contributed by atoms with Crippen molar-refractivity contribution < 1.29 is 9.30 Å². The lowest BCUT2D eigenvalue weighted by Crippen LogP contribution is -2.53. The van der Waals surface area contributed by atoms with Gasteiger partial charge in [0.1, 0.15) is 17.9 Å². The quantitative estimate of drug-likeness (QED) is 0.250. The summed E-state index contributed by atoms with van der Waals surface area (Å²) in [6.45, 7) is 7.81. The summed E-state index contributed by atoms with van der Waals surface area (Å²) in [4.78, 5) is 11.6. The molecule has 5 rings (SSSR count). The molecule has 10 heteroatoms. The summed E-state index contributed by atoms with van der Waals surface area (Å²) in [5, 5.41) is 11.1. The lowest BCUT2D eigenvalue weighted by atomic mass is 9.60. The van der Waals surface area contributed by atoms with Gasteiger partial charge in [-0.3, -0.25) is 0 Å². The Kier molecular flexibility index (Phi) is 8.32. The molecule has 2 fully saturated rings. The van der Waals surface area contributed by atoms with Crippen LogP contribution >= 0.6 is 18.7 Å². The lowest BCUT2D eigenvalue weighted by Gasteiger charge is -2.52. The van der Waals surface area contributed by atoms with E-state index < -0.39 is 7.14 Å². The van der Waals surface area contributed by atoms with Crippen LogP contribution in [0, 0.1) is 5.41 Å². The number of nitrogens with zero attached hydrogens (tertiary/aromatic N) is 3. The number of ether oxygens (including phenoxy) is 1. The summed E-state index contributed by atoms with van der Waals surface area (Å²) < 4.78 is 18.7. The van der Waals surface area contributed by atoms with Gasteiger partial charge in [0.2, 0.25) is 5.95 Å². The van der Waals surface area contributed by atoms with Gasteiger partial charge in [-0.05, 0) is 81.7 Å². The van der Waals surface area contributed by atoms with Crippen molar-refractivity contribution in [3.63, 3.8) is 0 Å². The van der Waals surface area contributed by atoms with Crippen molar-refractivity contribution >= 4 is 52.9 Å². The van der Waals surface area contributed by atoms with Gasteiger partial charge in [0.05, 0.1) is 24.7 Å². The van der Waals surface area contributed by atoms with E-state index in [2.05, 4.69) is 56.9 Å². The first-order valence-corrected chi connectivity index (χ1v) is 17.0. The Morgan fingerprint density at radius 1 is 1.12 bits per heavy atom. The van der Waals surface area contributed by atoms with Gasteiger partial charge in [-0.1, -0.05) is 30.7 Å². The molecule has 1 saturated carbocycles. The van der Waals surface area contributed by atoms with Crippen molar-refractivity contribution in [3.05, 3.63) is 53.2 Å². The van der Waals surface area contributed by atoms with Crippen LogP contribution in [0.3, 0.4) is 0 Å². The van der Waals surface area contributed by atoms with Crippen LogP contribution in [-0.4, -0.2) is 56.6 Å². The van der Waals surface area contributed by atoms with Gasteiger partial charge >= 0.3 is 0 Å². The maximum Gasteiger partial charge on any atom is 0.229 e. The van der Waals surface area contributed by atoms with E-state index in [0.29, 0.717) is 33.9 Å². The van der Waals surface area contributed by atoms with E-state index >= 15 is 0 Å². The molecular formula is C30H40ClN6O2P. The third-order valence-electron chi connectivity index (χ3n) is 8.44. The van der Waals surface area contributed by atoms with Gasteiger partial charge in [-0.2, -0.15) is 4.98 Å². The number of halogens is 1. The summed E-state index contributed by atoms with van der Waals surface area (Å²) in [7, 11) is 1.25. The molecule has 1 saturated heterocycles. The summed E-state index contributed by atoms with van der Waals surface area (Å²) in [5.41, 5.74) is 4.52. The average Bonchev–Trinajstić information content (AvgIpc) is 2.93. The number of methoxy groups -OCH3 is 1. The van der Waals surface area contributed by atoms with Gasteiger partial charge < -0.3 is 30.2 Å². The zero-order valence-electron chi connectivity index (χ0n) is 24.1. The fourth-order valence-electron chi connectivity index (χ4n) is 6.09. The number of hydrogen-bond acceptors (Lipinski definition) is 8. The second kappa shape index (κ2) is 11.6. The van der Waals surface area contributed by atoms with E-state index in [1.54, 1.807) is 26.6 Å². The first kappa shape index (κ1) is 28.7. The van der Waals surface area contributed by atoms with Gasteiger partial charge in [0.25, 0.3) is 0 Å². The second-order valence-electron chi connectivity index (χ2n) is 11.4. The van der Waals surface area contributed by atoms with E-state index in [-0.39, 0.29) is 0 Å². The molecule has 0 radical (unpaired) electrons. The molecule has 0 unspecified atom stereocenters. The number of para-hydroxylation sites is 1. The lowest BCUT2D eigenvalue weighted by molar-refractivity contribution is 0.0567. The van der Waals surface area contributed by atoms with Gasteiger partial charge in [0, 0.05) is 36.2 Å². The Hall–Kier alpha value is -2.80. The van der Waals surface area contributed by atoms with Crippen LogP contribution in [-0.2, 0) is 11.0 Å². The molecule has 0 amide bonds. The third-order valence-corrected chi connectivity index (χ3v) is 10.3. The average molecular weight is 583 g/mol. The number of hydrogen-bond donors (Lipinski definition) is 3. The van der Waals surface area contributed by atoms with Gasteiger partial charge in [0.15, 0.2) is 5.82 Å². The number of aryl methyl sites for hydroxylation is 1. The van der Waals surface area contributed by atoms with Crippen molar-refractivity contribution in [1.82, 2.24) is 15.3 Å². The Balaban J connectivity index is 1.37. The minimum atomic E-state index is -2.51. The highest BCUT2D eigenvalue weighted by atomic mass is 35.5. The molecule has 40 heavy (non-hydrogen) atoms. The minimum absolute atomic E-state index is 0.370. The number of anilines is 5. The predicted molar refractivity (Wildman–Crippen MR) is 167 cm³/mol. The maximum absolute atomic E-state index is 12.8. The Bertz CT molecular complexity index is 1410. The highest BCUT2D eigenvalue weighted by Crippen LogP contribution is 2.50. The molecule has 1 aliphatic carbocycles. The Morgan fingerprint density at radius 3 is 2.50 bits per heavy atom. The number of aromatic nitrogens is 2. The molecule has 0 bridgehead atoms. The zero-order chi connectivity index (χ0) is 28.5. The summed E-state index contributed by atoms with van der Waals surface area (Å²) in [5.74, 6) is 1.56. The van der Waals surface area contributed by atoms with Crippen molar-refractivity contribution in [2.45, 2.75) is 45.1 Å². The Labute approximate surface area is 242 Å². The van der Waals surface area contributed by atoms with Crippen LogP contribution in [0.4, 0.5) is 28.8 Å². The summed E-state index contributed by atoms with van der Waals surface area (Å²) in [6.07, 6.45) is 7.52. The molecule has 214 valence electrons. The Morgan fingerprint density at radius 2 is 1.85 bits per heavy atom. The van der Waals surface area contributed by atoms with Crippen LogP contribution in [0.25, 0.3) is 0 Å². The molecule has 1 aromatic heterocycles. The van der Waals surface area contributed by atoms with E-state index in [0.717, 1.165) is 36.3 Å². The fraction of sp³-hybridized carbons (Fsp3) is 0.467. The fourth-order valence-corrected chi connectivity index (χ4v) is 7.38. The summed E-state index contributed by atoms with van der Waals surface area (Å²) >= 11 is 6.46. The first-order valence-electron chi connectivity index (χ1n) is 14.0. The number of benzene rings is 2. The van der Waals surface area contributed by atoms with Crippen LogP contribution in [0.5, 0.6) is 5.75 Å². The van der Waals surface area contributed by atoms with Crippen LogP contribution in [0.15, 0.2) is 42.6 Å². The summed E-state index contributed by atoms with van der Waals surface area (Å²) in [6, 6.07) is 12.5. The van der Waals surface area contributed by atoms with Gasteiger partial charge in [-0.15, -0.1) is 0 Å². The molecule has 2 aliphatic rings. The predicted octanol–water partition coefficient (Wildman–Crippen LogP) is 6.40. The highest BCUT2D eigenvalue weighted by molar-refractivity contribution is 7.70. The highest BCUT2D eigenvalue weighted by Gasteiger charge is 2.45. The number of nitrogens with one attached hydrogen (secondary N) is 3. The monoisotopic (exact) mass is 582 g/mol. The first-order chi connectivity index (χ1) is 19.1. The minimum Gasteiger partial charge on any atom is -0.494 e. The molecule has 1 aliphatic heterocycles. The SMILES string of the molecule is CCc1cc(Nc2ncc(Cl)c(Nc3ccccc3P(C)(C)=O)n2)c(OC)cc1N1CCC2(CC1)CC(NC)C2. The molecule has 2 aromatic carbocycles. The molecule has 1 spiro atoms. The van der Waals surface area contributed by atoms with Gasteiger partial charge in [-0.25, -0.2) is 4.98 Å². The second-order valence-corrected chi connectivity index (χ2v) is 15.0. The third kappa shape index (κ3) is 5.95. The van der Waals surface area contributed by atoms with Crippen LogP contribution in [0.1, 0.15) is 38.2 Å². The van der Waals surface area contributed by atoms with E-state index in [9.17, 15) is 4.57 Å². The smallest absolute Gasteiger partial charge is 0.229 e. The molecule has 2 heterocycles. The zero-order valence-corrected chi connectivity index (χ0v) is 25.7. The van der Waals surface area contributed by atoms with Crippen molar-refractivity contribution in [1.29, 1.82) is 0 Å². The number of piperidine rings is 1. The van der Waals surface area contributed by atoms with Crippen molar-refractivity contribution in [2.75, 3.05) is 56.1 Å². The van der Waals surface area contributed by atoms with E-state index in [1.165, 1.54) is 36.9 Å². The molecular weight excluding hydrogens is 543 g/mol. The van der Waals surface area contributed by atoms with Crippen LogP contribution in [0.2, 0.25) is 5.02 Å². The van der Waals surface area contributed by atoms with E-state index in [1.807, 2.05) is 24.3 Å². The normalized spacial score (nSPS) is 17.0. The number of rotatable bonds is 9. The standard InChI is InChI=1S/C30H40ClN6O2P/c1-6-20-15-24(26(39-3)16-25(20)37-13-11-30(12-14-37)17-21(18-30)32-2)35-29-33-19-22(31)28(36-29)34-23-9-7-8-10-27(23)40(4,5)38/h7-10,15-16,19,21,32H,6,11-14,17-18H2,1-5H3,(H2,33,34,35,36). The van der Waals surface area contributed by atoms with Crippen molar-refractivity contribution in [3.8, 4) is 5.75 Å².